The molecule has 2 aromatic heterocycles. The van der Waals surface area contributed by atoms with Gasteiger partial charge in [-0.3, -0.25) is 29.6 Å². The number of carbonyl (C=O) groups is 3. The number of aryl methyl sites for hydroxylation is 1. The van der Waals surface area contributed by atoms with Gasteiger partial charge < -0.3 is 10.2 Å². The number of likely N-dealkylation sites (tertiary alicyclic amines) is 1. The maximum atomic E-state index is 15.0. The summed E-state index contributed by atoms with van der Waals surface area (Å²) in [5.74, 6) is -1.04. The normalized spacial score (nSPS) is 18.5. The van der Waals surface area contributed by atoms with Gasteiger partial charge in [-0.05, 0) is 87.0 Å². The Bertz CT molecular complexity index is 2330. The number of fused-ring (bicyclic) bond motifs is 2. The van der Waals surface area contributed by atoms with E-state index in [-0.39, 0.29) is 23.8 Å². The van der Waals surface area contributed by atoms with E-state index in [9.17, 15) is 27.6 Å². The number of rotatable bonds is 9. The molecule has 2 N–H and O–H groups in total. The Kier molecular flexibility index (Phi) is 9.80. The molecule has 2 unspecified atom stereocenters. The van der Waals surface area contributed by atoms with Crippen LogP contribution < -0.4 is 10.6 Å². The second-order valence-electron chi connectivity index (χ2n) is 14.7. The number of alkyl halides is 2. The van der Waals surface area contributed by atoms with Crippen LogP contribution in [0.1, 0.15) is 94.9 Å². The summed E-state index contributed by atoms with van der Waals surface area (Å²) in [6.07, 6.45) is 1.35. The van der Waals surface area contributed by atoms with E-state index in [4.69, 9.17) is 4.98 Å². The number of aromatic nitrogens is 3. The lowest BCUT2D eigenvalue weighted by Crippen LogP contribution is -2.52. The van der Waals surface area contributed by atoms with Crippen LogP contribution in [-0.2, 0) is 22.7 Å². The van der Waals surface area contributed by atoms with Crippen molar-refractivity contribution in [2.45, 2.75) is 77.0 Å². The van der Waals surface area contributed by atoms with E-state index in [1.165, 1.54) is 17.7 Å². The molecule has 0 radical (unpaired) electrons. The van der Waals surface area contributed by atoms with Crippen molar-refractivity contribution in [3.05, 3.63) is 118 Å². The molecule has 2 atom stereocenters. The van der Waals surface area contributed by atoms with Gasteiger partial charge in [0.15, 0.2) is 5.82 Å². The Morgan fingerprint density at radius 2 is 1.71 bits per heavy atom. The molecule has 3 aromatic carbocycles. The van der Waals surface area contributed by atoms with E-state index in [0.717, 1.165) is 71.7 Å². The number of imide groups is 1. The van der Waals surface area contributed by atoms with Gasteiger partial charge in [0.05, 0.1) is 23.0 Å². The fourth-order valence-electron chi connectivity index (χ4n) is 8.15. The predicted octanol–water partition coefficient (Wildman–Crippen LogP) is 7.39. The molecule has 282 valence electrons. The van der Waals surface area contributed by atoms with Crippen LogP contribution in [0.5, 0.6) is 0 Å². The van der Waals surface area contributed by atoms with Crippen LogP contribution in [0, 0.1) is 12.7 Å². The van der Waals surface area contributed by atoms with E-state index >= 15 is 0 Å². The number of hydrogen-bond acceptors (Lipinski definition) is 8. The van der Waals surface area contributed by atoms with Crippen molar-refractivity contribution < 1.29 is 27.6 Å². The third kappa shape index (κ3) is 7.16. The second kappa shape index (κ2) is 14.9. The van der Waals surface area contributed by atoms with Crippen molar-refractivity contribution >= 4 is 34.3 Å². The van der Waals surface area contributed by atoms with Crippen molar-refractivity contribution in [1.29, 1.82) is 0 Å². The van der Waals surface area contributed by atoms with Crippen molar-refractivity contribution in [3.63, 3.8) is 0 Å². The molecule has 3 amide bonds. The molecule has 5 aromatic rings. The molecule has 0 bridgehead atoms. The highest BCUT2D eigenvalue weighted by Crippen LogP contribution is 2.35. The maximum Gasteiger partial charge on any atom is 0.266 e. The smallest absolute Gasteiger partial charge is 0.266 e. The highest BCUT2D eigenvalue weighted by atomic mass is 19.3. The van der Waals surface area contributed by atoms with Gasteiger partial charge in [-0.2, -0.15) is 5.10 Å². The number of nitrogens with one attached hydrogen (secondary N) is 2. The average molecular weight is 748 g/mol. The van der Waals surface area contributed by atoms with Crippen LogP contribution in [0.15, 0.2) is 72.9 Å². The number of halogens is 3. The largest absolute Gasteiger partial charge is 0.361 e. The summed E-state index contributed by atoms with van der Waals surface area (Å²) in [5, 5.41) is 15.7. The fraction of sp³-hybridized carbons (Fsp3) is 0.333. The molecule has 8 rings (SSSR count). The predicted molar refractivity (Wildman–Crippen MR) is 201 cm³/mol. The van der Waals surface area contributed by atoms with Gasteiger partial charge in [-0.25, -0.2) is 13.2 Å². The number of pyridine rings is 1. The van der Waals surface area contributed by atoms with E-state index in [1.807, 2.05) is 37.3 Å². The first-order chi connectivity index (χ1) is 26.5. The van der Waals surface area contributed by atoms with E-state index in [2.05, 4.69) is 43.9 Å². The van der Waals surface area contributed by atoms with Crippen LogP contribution in [0.25, 0.3) is 22.0 Å². The summed E-state index contributed by atoms with van der Waals surface area (Å²) in [6.45, 7) is 6.50. The van der Waals surface area contributed by atoms with Gasteiger partial charge in [0.25, 0.3) is 12.3 Å². The molecule has 2 fully saturated rings. The quantitative estimate of drug-likeness (QED) is 0.150. The molecule has 0 saturated carbocycles. The number of nitrogens with zero attached hydrogens (tertiary/aromatic N) is 5. The van der Waals surface area contributed by atoms with Crippen molar-refractivity contribution in [2.75, 3.05) is 18.4 Å². The molecule has 2 saturated heterocycles. The number of hydrogen-bond donors (Lipinski definition) is 2. The van der Waals surface area contributed by atoms with Crippen LogP contribution in [0.4, 0.5) is 19.0 Å². The first-order valence-electron chi connectivity index (χ1n) is 18.6. The molecule has 5 heterocycles. The second-order valence-corrected chi connectivity index (χ2v) is 14.7. The summed E-state index contributed by atoms with van der Waals surface area (Å²) >= 11 is 0. The number of carbonyl (C=O) groups excluding carboxylic acids is 3. The van der Waals surface area contributed by atoms with E-state index in [1.54, 1.807) is 18.0 Å². The molecule has 13 heteroatoms. The Labute approximate surface area is 316 Å². The maximum absolute atomic E-state index is 15.0. The van der Waals surface area contributed by atoms with Gasteiger partial charge in [0, 0.05) is 53.2 Å². The lowest BCUT2D eigenvalue weighted by Gasteiger charge is -2.32. The lowest BCUT2D eigenvalue weighted by atomic mass is 9.87. The molecule has 3 aliphatic heterocycles. The van der Waals surface area contributed by atoms with Crippen molar-refractivity contribution in [2.24, 2.45) is 0 Å². The van der Waals surface area contributed by atoms with Crippen molar-refractivity contribution in [3.8, 4) is 11.3 Å². The number of benzene rings is 3. The minimum absolute atomic E-state index is 0.112. The molecular weight excluding hydrogens is 708 g/mol. The van der Waals surface area contributed by atoms with E-state index in [0.29, 0.717) is 36.0 Å². The van der Waals surface area contributed by atoms with Gasteiger partial charge in [-0.1, -0.05) is 48.5 Å². The number of anilines is 1. The minimum atomic E-state index is -2.92. The topological polar surface area (TPSA) is 120 Å². The molecule has 0 spiro atoms. The lowest BCUT2D eigenvalue weighted by molar-refractivity contribution is -0.136. The zero-order chi connectivity index (χ0) is 38.4. The summed E-state index contributed by atoms with van der Waals surface area (Å²) in [5.41, 5.74) is 5.72. The average Bonchev–Trinajstić information content (AvgIpc) is 3.51. The number of amides is 3. The Morgan fingerprint density at radius 3 is 2.49 bits per heavy atom. The van der Waals surface area contributed by atoms with Crippen LogP contribution in [0.2, 0.25) is 0 Å². The molecule has 10 nitrogen and oxygen atoms in total. The zero-order valence-electron chi connectivity index (χ0n) is 30.5. The number of piperidine rings is 2. The van der Waals surface area contributed by atoms with Gasteiger partial charge in [0.2, 0.25) is 11.8 Å². The summed E-state index contributed by atoms with van der Waals surface area (Å²) in [4.78, 5) is 46.0. The highest BCUT2D eigenvalue weighted by Gasteiger charge is 2.39. The summed E-state index contributed by atoms with van der Waals surface area (Å²) < 4.78 is 41.8. The van der Waals surface area contributed by atoms with Crippen LogP contribution in [0.3, 0.4) is 0 Å². The standard InChI is InChI=1S/C42H40F3N7O3/c1-23(30-7-4-8-32(38(30)43)39(44)45)47-40-33-19-35(46-20-34(33)24(2)49-50-40)28-6-3-5-25(17-28)21-51-15-13-26(14-16-51)27-9-10-31-29(18-27)22-52(42(31)55)36-11-12-37(53)48-41(36)54/h3-10,17-20,23,26,36,39H,11-16,21-22H2,1-2H3,(H,47,50)(H,48,53,54). The van der Waals surface area contributed by atoms with Gasteiger partial charge in [-0.15, -0.1) is 5.10 Å². The SMILES string of the molecule is Cc1nnc(NC(C)c2cccc(C(F)F)c2F)c2cc(-c3cccc(CN4CCC(c5ccc6c(c5)CN(C5CCC(=O)NC5=O)C6=O)CC4)c3)ncc12. The fourth-order valence-corrected chi connectivity index (χ4v) is 8.15. The van der Waals surface area contributed by atoms with Crippen LogP contribution in [-0.4, -0.2) is 61.8 Å². The third-order valence-electron chi connectivity index (χ3n) is 11.2. The first-order valence-corrected chi connectivity index (χ1v) is 18.6. The van der Waals surface area contributed by atoms with Crippen molar-refractivity contribution in [1.82, 2.24) is 30.3 Å². The Morgan fingerprint density at radius 1 is 0.927 bits per heavy atom. The van der Waals surface area contributed by atoms with Gasteiger partial charge in [0.1, 0.15) is 11.9 Å². The summed E-state index contributed by atoms with van der Waals surface area (Å²) in [6, 6.07) is 19.0. The minimum Gasteiger partial charge on any atom is -0.361 e. The van der Waals surface area contributed by atoms with Gasteiger partial charge >= 0.3 is 0 Å². The molecular formula is C42H40F3N7O3. The first kappa shape index (κ1) is 36.3. The summed E-state index contributed by atoms with van der Waals surface area (Å²) in [7, 11) is 0. The Balaban J connectivity index is 0.934. The molecule has 55 heavy (non-hydrogen) atoms. The Hall–Kier alpha value is -5.69. The molecule has 0 aliphatic carbocycles. The van der Waals surface area contributed by atoms with Crippen LogP contribution >= 0.6 is 0 Å². The monoisotopic (exact) mass is 747 g/mol. The highest BCUT2D eigenvalue weighted by molar-refractivity contribution is 6.05. The third-order valence-corrected chi connectivity index (χ3v) is 11.2. The molecule has 3 aliphatic rings. The zero-order valence-corrected chi connectivity index (χ0v) is 30.5. The van der Waals surface area contributed by atoms with E-state index < -0.39 is 35.8 Å².